The fourth-order valence-corrected chi connectivity index (χ4v) is 1.59. The third kappa shape index (κ3) is 3.05. The molecule has 106 valence electrons. The molecule has 0 saturated carbocycles. The summed E-state index contributed by atoms with van der Waals surface area (Å²) in [6.45, 7) is -0.283. The minimum Gasteiger partial charge on any atom is -0.366 e. The molecule has 0 saturated heterocycles. The van der Waals surface area contributed by atoms with E-state index in [1.165, 1.54) is 18.2 Å². The van der Waals surface area contributed by atoms with E-state index in [4.69, 9.17) is 5.73 Å². The van der Waals surface area contributed by atoms with Crippen LogP contribution in [0.25, 0.3) is 0 Å². The number of nitrogen functional groups attached to an aromatic ring is 1. The molecule has 0 fully saturated rings. The van der Waals surface area contributed by atoms with Crippen LogP contribution in [0.15, 0.2) is 24.3 Å². The van der Waals surface area contributed by atoms with E-state index in [1.54, 1.807) is 0 Å². The summed E-state index contributed by atoms with van der Waals surface area (Å²) in [6.07, 6.45) is -4.47. The lowest BCUT2D eigenvalue weighted by Gasteiger charge is -2.12. The first-order valence-electron chi connectivity index (χ1n) is 5.49. The third-order valence-electron chi connectivity index (χ3n) is 2.48. The highest BCUT2D eigenvalue weighted by molar-refractivity contribution is 5.90. The third-order valence-corrected chi connectivity index (χ3v) is 2.48. The van der Waals surface area contributed by atoms with E-state index in [0.29, 0.717) is 0 Å². The first kappa shape index (κ1) is 13.8. The lowest BCUT2D eigenvalue weighted by atomic mass is 10.1. The van der Waals surface area contributed by atoms with Crippen LogP contribution in [0.1, 0.15) is 21.7 Å². The quantitative estimate of drug-likeness (QED) is 0.792. The second kappa shape index (κ2) is 5.19. The number of aromatic amines is 1. The Bertz CT molecular complexity index is 623. The van der Waals surface area contributed by atoms with Gasteiger partial charge < -0.3 is 11.1 Å². The Labute approximate surface area is 111 Å². The molecule has 1 heterocycles. The van der Waals surface area contributed by atoms with Gasteiger partial charge in [0, 0.05) is 6.54 Å². The van der Waals surface area contributed by atoms with E-state index in [-0.39, 0.29) is 23.9 Å². The summed E-state index contributed by atoms with van der Waals surface area (Å²) in [4.78, 5) is 15.2. The van der Waals surface area contributed by atoms with Gasteiger partial charge in [0.05, 0.1) is 5.56 Å². The topological polar surface area (TPSA) is 96.7 Å². The van der Waals surface area contributed by atoms with Crippen LogP contribution in [-0.2, 0) is 12.7 Å². The molecule has 6 nitrogen and oxygen atoms in total. The van der Waals surface area contributed by atoms with Gasteiger partial charge in [-0.15, -0.1) is 5.10 Å². The van der Waals surface area contributed by atoms with Gasteiger partial charge in [0.1, 0.15) is 0 Å². The van der Waals surface area contributed by atoms with E-state index in [9.17, 15) is 18.0 Å². The van der Waals surface area contributed by atoms with Crippen molar-refractivity contribution in [2.75, 3.05) is 5.73 Å². The van der Waals surface area contributed by atoms with E-state index >= 15 is 0 Å². The Morgan fingerprint density at radius 1 is 1.35 bits per heavy atom. The summed E-state index contributed by atoms with van der Waals surface area (Å²) in [5.74, 6) is -0.969. The lowest BCUT2D eigenvalue weighted by Crippen LogP contribution is -2.25. The highest BCUT2D eigenvalue weighted by Gasteiger charge is 2.32. The van der Waals surface area contributed by atoms with Crippen molar-refractivity contribution in [3.63, 3.8) is 0 Å². The number of carbonyl (C=O) groups excluding carboxylic acids is 1. The van der Waals surface area contributed by atoms with Crippen LogP contribution in [0.3, 0.4) is 0 Å². The molecule has 0 bridgehead atoms. The van der Waals surface area contributed by atoms with E-state index in [0.717, 1.165) is 6.07 Å². The van der Waals surface area contributed by atoms with Crippen molar-refractivity contribution in [2.24, 2.45) is 0 Å². The SMILES string of the molecule is Nc1n[nH]c(C(=O)NCc2ccccc2C(F)(F)F)n1. The molecule has 0 aliphatic heterocycles. The lowest BCUT2D eigenvalue weighted by molar-refractivity contribution is -0.138. The molecule has 4 N–H and O–H groups in total. The number of nitrogens with one attached hydrogen (secondary N) is 2. The summed E-state index contributed by atoms with van der Waals surface area (Å²) in [6, 6.07) is 4.99. The number of amides is 1. The number of nitrogens with two attached hydrogens (primary N) is 1. The zero-order chi connectivity index (χ0) is 14.8. The largest absolute Gasteiger partial charge is 0.416 e. The maximum atomic E-state index is 12.7. The highest BCUT2D eigenvalue weighted by Crippen LogP contribution is 2.31. The van der Waals surface area contributed by atoms with Crippen molar-refractivity contribution in [1.82, 2.24) is 20.5 Å². The van der Waals surface area contributed by atoms with Gasteiger partial charge >= 0.3 is 6.18 Å². The minimum absolute atomic E-state index is 0.0409. The number of anilines is 1. The standard InChI is InChI=1S/C11H10F3N5O/c12-11(13,14)7-4-2-1-3-6(7)5-16-9(20)8-17-10(15)19-18-8/h1-4H,5H2,(H,16,20)(H3,15,17,18,19). The molecule has 2 aromatic rings. The van der Waals surface area contributed by atoms with Gasteiger partial charge in [-0.3, -0.25) is 9.89 Å². The van der Waals surface area contributed by atoms with Crippen molar-refractivity contribution in [2.45, 2.75) is 12.7 Å². The molecule has 0 radical (unpaired) electrons. The van der Waals surface area contributed by atoms with Crippen molar-refractivity contribution in [3.05, 3.63) is 41.2 Å². The monoisotopic (exact) mass is 285 g/mol. The molecular formula is C11H10F3N5O. The second-order valence-corrected chi connectivity index (χ2v) is 3.88. The summed E-state index contributed by atoms with van der Waals surface area (Å²) >= 11 is 0. The van der Waals surface area contributed by atoms with Crippen LogP contribution >= 0.6 is 0 Å². The van der Waals surface area contributed by atoms with E-state index in [1.807, 2.05) is 0 Å². The molecular weight excluding hydrogens is 275 g/mol. The normalized spacial score (nSPS) is 11.3. The first-order chi connectivity index (χ1) is 9.38. The van der Waals surface area contributed by atoms with Gasteiger partial charge in [-0.2, -0.15) is 18.2 Å². The minimum atomic E-state index is -4.47. The molecule has 1 amide bonds. The number of hydrogen-bond donors (Lipinski definition) is 3. The second-order valence-electron chi connectivity index (χ2n) is 3.88. The number of H-pyrrole nitrogens is 1. The van der Waals surface area contributed by atoms with Gasteiger partial charge in [0.15, 0.2) is 0 Å². The number of aromatic nitrogens is 3. The van der Waals surface area contributed by atoms with Gasteiger partial charge in [0.2, 0.25) is 11.8 Å². The average molecular weight is 285 g/mol. The zero-order valence-corrected chi connectivity index (χ0v) is 10.0. The molecule has 0 spiro atoms. The van der Waals surface area contributed by atoms with Gasteiger partial charge in [-0.25, -0.2) is 0 Å². The number of rotatable bonds is 3. The summed E-state index contributed by atoms with van der Waals surface area (Å²) < 4.78 is 38.2. The van der Waals surface area contributed by atoms with E-state index in [2.05, 4.69) is 20.5 Å². The molecule has 2 rings (SSSR count). The zero-order valence-electron chi connectivity index (χ0n) is 10.0. The Kier molecular flexibility index (Phi) is 3.59. The van der Waals surface area contributed by atoms with Crippen LogP contribution in [-0.4, -0.2) is 21.1 Å². The molecule has 0 unspecified atom stereocenters. The summed E-state index contributed by atoms with van der Waals surface area (Å²) in [5, 5.41) is 8.03. The maximum Gasteiger partial charge on any atom is 0.416 e. The number of benzene rings is 1. The van der Waals surface area contributed by atoms with Crippen molar-refractivity contribution >= 4 is 11.9 Å². The number of halogens is 3. The van der Waals surface area contributed by atoms with Crippen LogP contribution in [0.4, 0.5) is 19.1 Å². The Balaban J connectivity index is 2.10. The van der Waals surface area contributed by atoms with Crippen molar-refractivity contribution in [1.29, 1.82) is 0 Å². The van der Waals surface area contributed by atoms with Crippen LogP contribution in [0, 0.1) is 0 Å². The number of nitrogens with zero attached hydrogens (tertiary/aromatic N) is 2. The molecule has 9 heteroatoms. The van der Waals surface area contributed by atoms with Crippen LogP contribution < -0.4 is 11.1 Å². The predicted octanol–water partition coefficient (Wildman–Crippen LogP) is 1.34. The Hall–Kier alpha value is -2.58. The van der Waals surface area contributed by atoms with Crippen molar-refractivity contribution < 1.29 is 18.0 Å². The van der Waals surface area contributed by atoms with Gasteiger partial charge in [-0.1, -0.05) is 18.2 Å². The fourth-order valence-electron chi connectivity index (χ4n) is 1.59. The van der Waals surface area contributed by atoms with Crippen molar-refractivity contribution in [3.8, 4) is 0 Å². The Morgan fingerprint density at radius 2 is 2.05 bits per heavy atom. The van der Waals surface area contributed by atoms with Gasteiger partial charge in [-0.05, 0) is 11.6 Å². The fraction of sp³-hybridized carbons (Fsp3) is 0.182. The molecule has 20 heavy (non-hydrogen) atoms. The number of alkyl halides is 3. The van der Waals surface area contributed by atoms with E-state index < -0.39 is 17.6 Å². The predicted molar refractivity (Wildman–Crippen MR) is 63.4 cm³/mol. The maximum absolute atomic E-state index is 12.7. The molecule has 1 aromatic carbocycles. The Morgan fingerprint density at radius 3 is 2.65 bits per heavy atom. The van der Waals surface area contributed by atoms with Crippen LogP contribution in [0.5, 0.6) is 0 Å². The number of hydrogen-bond acceptors (Lipinski definition) is 4. The molecule has 0 atom stereocenters. The first-order valence-corrected chi connectivity index (χ1v) is 5.49. The summed E-state index contributed by atoms with van der Waals surface area (Å²) in [7, 11) is 0. The molecule has 1 aromatic heterocycles. The average Bonchev–Trinajstić information content (AvgIpc) is 2.82. The summed E-state index contributed by atoms with van der Waals surface area (Å²) in [5.41, 5.74) is 4.39. The molecule has 0 aliphatic carbocycles. The van der Waals surface area contributed by atoms with Gasteiger partial charge in [0.25, 0.3) is 5.91 Å². The highest BCUT2D eigenvalue weighted by atomic mass is 19.4. The molecule has 0 aliphatic rings. The number of carbonyl (C=O) groups is 1. The van der Waals surface area contributed by atoms with Crippen LogP contribution in [0.2, 0.25) is 0 Å². The smallest absolute Gasteiger partial charge is 0.366 e.